The van der Waals surface area contributed by atoms with Crippen LogP contribution >= 0.6 is 39.5 Å². The van der Waals surface area contributed by atoms with Crippen LogP contribution in [0.5, 0.6) is 0 Å². The van der Waals surface area contributed by atoms with Gasteiger partial charge in [0.05, 0.1) is 0 Å². The fraction of sp³-hybridized carbons (Fsp3) is 0.417. The quantitative estimate of drug-likeness (QED) is 0.916. The molecule has 0 spiro atoms. The Bertz CT molecular complexity index is 399. The molecule has 17 heavy (non-hydrogen) atoms. The number of thioether (sulfide) groups is 2. The zero-order valence-electron chi connectivity index (χ0n) is 9.19. The van der Waals surface area contributed by atoms with Gasteiger partial charge in [0.1, 0.15) is 0 Å². The van der Waals surface area contributed by atoms with Crippen LogP contribution in [0.3, 0.4) is 0 Å². The number of carbonyl (C=O) groups is 1. The van der Waals surface area contributed by atoms with Crippen LogP contribution in [0.2, 0.25) is 0 Å². The Hall–Kier alpha value is -0.130. The molecule has 0 aliphatic carbocycles. The van der Waals surface area contributed by atoms with Crippen molar-refractivity contribution in [2.45, 2.75) is 16.9 Å². The lowest BCUT2D eigenvalue weighted by molar-refractivity contribution is -0.137. The normalized spacial score (nSPS) is 18.9. The van der Waals surface area contributed by atoms with E-state index in [9.17, 15) is 9.90 Å². The molecular weight excluding hydrogens is 320 g/mol. The summed E-state index contributed by atoms with van der Waals surface area (Å²) in [5, 5.41) is 9.45. The van der Waals surface area contributed by atoms with Gasteiger partial charge < -0.3 is 5.11 Å². The molecule has 92 valence electrons. The molecule has 0 saturated carbocycles. The number of hydrogen-bond acceptors (Lipinski definition) is 3. The molecule has 2 nitrogen and oxygen atoms in total. The van der Waals surface area contributed by atoms with Gasteiger partial charge in [0.25, 0.3) is 0 Å². The molecule has 5 heteroatoms. The molecule has 1 fully saturated rings. The van der Waals surface area contributed by atoms with E-state index < -0.39 is 10.0 Å². The molecule has 0 atom stereocenters. The van der Waals surface area contributed by atoms with E-state index in [0.717, 1.165) is 28.0 Å². The van der Waals surface area contributed by atoms with Gasteiger partial charge in [-0.3, -0.25) is 0 Å². The van der Waals surface area contributed by atoms with Crippen LogP contribution in [-0.2, 0) is 11.2 Å². The van der Waals surface area contributed by atoms with Gasteiger partial charge in [0.15, 0.2) is 4.08 Å². The number of benzene rings is 1. The largest absolute Gasteiger partial charge is 0.480 e. The van der Waals surface area contributed by atoms with Crippen LogP contribution in [0, 0.1) is 0 Å². The summed E-state index contributed by atoms with van der Waals surface area (Å²) in [7, 11) is 0. The maximum Gasteiger partial charge on any atom is 0.330 e. The molecule has 1 aromatic carbocycles. The third kappa shape index (κ3) is 3.20. The molecule has 0 aromatic heterocycles. The smallest absolute Gasteiger partial charge is 0.330 e. The average Bonchev–Trinajstić information content (AvgIpc) is 2.33. The van der Waals surface area contributed by atoms with Crippen molar-refractivity contribution in [3.63, 3.8) is 0 Å². The van der Waals surface area contributed by atoms with Crippen molar-refractivity contribution < 1.29 is 9.90 Å². The number of aliphatic carboxylic acids is 1. The molecule has 1 saturated heterocycles. The highest BCUT2D eigenvalue weighted by atomic mass is 79.9. The Labute approximate surface area is 118 Å². The number of carboxylic acids is 1. The number of carboxylic acid groups (broad SMARTS) is 1. The predicted molar refractivity (Wildman–Crippen MR) is 77.7 cm³/mol. The first-order valence-electron chi connectivity index (χ1n) is 5.38. The van der Waals surface area contributed by atoms with Gasteiger partial charge in [-0.2, -0.15) is 0 Å². The second kappa shape index (κ2) is 5.67. The van der Waals surface area contributed by atoms with E-state index in [4.69, 9.17) is 0 Å². The van der Waals surface area contributed by atoms with Gasteiger partial charge in [-0.1, -0.05) is 28.1 Å². The van der Waals surface area contributed by atoms with Gasteiger partial charge in [-0.15, -0.1) is 23.5 Å². The van der Waals surface area contributed by atoms with E-state index in [0.29, 0.717) is 6.42 Å². The zero-order valence-corrected chi connectivity index (χ0v) is 12.4. The fourth-order valence-electron chi connectivity index (χ4n) is 1.75. The van der Waals surface area contributed by atoms with Crippen molar-refractivity contribution in [2.75, 3.05) is 11.5 Å². The summed E-state index contributed by atoms with van der Waals surface area (Å²) >= 11 is 6.53. The number of hydrogen-bond donors (Lipinski definition) is 1. The van der Waals surface area contributed by atoms with Crippen LogP contribution in [0.1, 0.15) is 12.0 Å². The van der Waals surface area contributed by atoms with Crippen molar-refractivity contribution in [3.8, 4) is 0 Å². The molecule has 0 amide bonds. The first-order valence-corrected chi connectivity index (χ1v) is 8.14. The van der Waals surface area contributed by atoms with E-state index in [1.807, 2.05) is 24.3 Å². The van der Waals surface area contributed by atoms with Crippen LogP contribution in [-0.4, -0.2) is 26.7 Å². The maximum absolute atomic E-state index is 11.5. The van der Waals surface area contributed by atoms with Crippen molar-refractivity contribution >= 4 is 45.4 Å². The molecule has 0 radical (unpaired) electrons. The molecule has 1 aliphatic rings. The molecule has 1 heterocycles. The van der Waals surface area contributed by atoms with E-state index >= 15 is 0 Å². The molecule has 1 N–H and O–H groups in total. The molecule has 1 aromatic rings. The Kier molecular flexibility index (Phi) is 4.44. The molecular formula is C12H13BrO2S2. The third-order valence-electron chi connectivity index (χ3n) is 2.64. The maximum atomic E-state index is 11.5. The lowest BCUT2D eigenvalue weighted by atomic mass is 10.1. The summed E-state index contributed by atoms with van der Waals surface area (Å²) in [4.78, 5) is 11.5. The van der Waals surface area contributed by atoms with Crippen molar-refractivity contribution in [1.29, 1.82) is 0 Å². The molecule has 1 aliphatic heterocycles. The van der Waals surface area contributed by atoms with Crippen LogP contribution < -0.4 is 0 Å². The number of halogens is 1. The summed E-state index contributed by atoms with van der Waals surface area (Å²) in [6, 6.07) is 7.90. The van der Waals surface area contributed by atoms with E-state index in [2.05, 4.69) is 15.9 Å². The summed E-state index contributed by atoms with van der Waals surface area (Å²) < 4.78 is 0.334. The van der Waals surface area contributed by atoms with Crippen LogP contribution in [0.25, 0.3) is 0 Å². The van der Waals surface area contributed by atoms with Gasteiger partial charge in [-0.05, 0) is 35.6 Å². The standard InChI is InChI=1S/C12H13BrO2S2/c13-10-4-2-9(3-5-10)8-12(11(14)15)16-6-1-7-17-12/h2-5H,1,6-8H2,(H,14,15). The van der Waals surface area contributed by atoms with Gasteiger partial charge in [-0.25, -0.2) is 4.79 Å². The lowest BCUT2D eigenvalue weighted by Crippen LogP contribution is -2.36. The predicted octanol–water partition coefficient (Wildman–Crippen LogP) is 3.64. The minimum absolute atomic E-state index is 0.588. The van der Waals surface area contributed by atoms with E-state index in [-0.39, 0.29) is 0 Å². The molecule has 0 unspecified atom stereocenters. The second-order valence-electron chi connectivity index (χ2n) is 3.91. The highest BCUT2D eigenvalue weighted by Crippen LogP contribution is 2.44. The average molecular weight is 333 g/mol. The van der Waals surface area contributed by atoms with E-state index in [1.165, 1.54) is 0 Å². The Morgan fingerprint density at radius 1 is 1.29 bits per heavy atom. The topological polar surface area (TPSA) is 37.3 Å². The highest BCUT2D eigenvalue weighted by molar-refractivity contribution is 9.10. The fourth-order valence-corrected chi connectivity index (χ4v) is 5.05. The van der Waals surface area contributed by atoms with Crippen molar-refractivity contribution in [3.05, 3.63) is 34.3 Å². The van der Waals surface area contributed by atoms with Gasteiger partial charge >= 0.3 is 5.97 Å². The highest BCUT2D eigenvalue weighted by Gasteiger charge is 2.41. The lowest BCUT2D eigenvalue weighted by Gasteiger charge is -2.31. The summed E-state index contributed by atoms with van der Waals surface area (Å²) in [6.45, 7) is 0. The Morgan fingerprint density at radius 3 is 2.41 bits per heavy atom. The van der Waals surface area contributed by atoms with Crippen LogP contribution in [0.15, 0.2) is 28.7 Å². The summed E-state index contributed by atoms with van der Waals surface area (Å²) in [5.41, 5.74) is 1.08. The Morgan fingerprint density at radius 2 is 1.88 bits per heavy atom. The van der Waals surface area contributed by atoms with Crippen LogP contribution in [0.4, 0.5) is 0 Å². The first-order chi connectivity index (χ1) is 8.12. The molecule has 2 rings (SSSR count). The van der Waals surface area contributed by atoms with Crippen molar-refractivity contribution in [1.82, 2.24) is 0 Å². The monoisotopic (exact) mass is 332 g/mol. The van der Waals surface area contributed by atoms with Gasteiger partial charge in [0, 0.05) is 10.9 Å². The minimum atomic E-state index is -0.699. The molecule has 0 bridgehead atoms. The summed E-state index contributed by atoms with van der Waals surface area (Å²) in [5.74, 6) is 1.18. The SMILES string of the molecule is O=C(O)C1(Cc2ccc(Br)cc2)SCCCS1. The van der Waals surface area contributed by atoms with E-state index in [1.54, 1.807) is 23.5 Å². The van der Waals surface area contributed by atoms with Crippen molar-refractivity contribution in [2.24, 2.45) is 0 Å². The second-order valence-corrected chi connectivity index (χ2v) is 7.87. The Balaban J connectivity index is 2.17. The number of rotatable bonds is 3. The van der Waals surface area contributed by atoms with Gasteiger partial charge in [0.2, 0.25) is 0 Å². The summed E-state index contributed by atoms with van der Waals surface area (Å²) in [6.07, 6.45) is 1.69. The minimum Gasteiger partial charge on any atom is -0.480 e. The zero-order chi connectivity index (χ0) is 12.3. The third-order valence-corrected chi connectivity index (χ3v) is 6.43. The first kappa shape index (κ1) is 13.3.